The third-order valence-electron chi connectivity index (χ3n) is 5.21. The van der Waals surface area contributed by atoms with E-state index in [1.54, 1.807) is 41.5 Å². The molecule has 0 aliphatic carbocycles. The summed E-state index contributed by atoms with van der Waals surface area (Å²) < 4.78 is 12.8. The number of hydrogen-bond donors (Lipinski definition) is 3. The van der Waals surface area contributed by atoms with Crippen molar-refractivity contribution in [1.29, 1.82) is 0 Å². The van der Waals surface area contributed by atoms with Crippen LogP contribution in [-0.2, 0) is 22.4 Å². The number of rotatable bonds is 6. The SMILES string of the molecule is CCCc1nc2c(N)nc3ccccc3c2n1CCCN=C(NC(=O)OC(C)(C)C)NC(=O)OC(C)(C)C. The average Bonchev–Trinajstić information content (AvgIpc) is 3.13. The van der Waals surface area contributed by atoms with Crippen molar-refractivity contribution in [1.82, 2.24) is 25.2 Å². The molecule has 1 aromatic carbocycles. The number of pyridine rings is 1. The number of carbonyl (C=O) groups excluding carboxylic acids is 2. The standard InChI is InChI=1S/C27H39N7O4/c1-8-12-19-31-20-21(17-13-9-10-14-18(17)30-22(20)28)34(19)16-11-15-29-23(32-24(35)37-26(2,3)4)33-25(36)38-27(5,6)7/h9-10,13-14H,8,11-12,15-16H2,1-7H3,(H2,28,30)(H2,29,32,33,35,36). The molecule has 0 radical (unpaired) electrons. The third kappa shape index (κ3) is 7.80. The Labute approximate surface area is 223 Å². The highest BCUT2D eigenvalue weighted by Gasteiger charge is 2.21. The van der Waals surface area contributed by atoms with Crippen molar-refractivity contribution in [3.63, 3.8) is 0 Å². The number of nitrogens with zero attached hydrogens (tertiary/aromatic N) is 4. The predicted octanol–water partition coefficient (Wildman–Crippen LogP) is 4.91. The molecule has 11 heteroatoms. The van der Waals surface area contributed by atoms with Gasteiger partial charge in [-0.3, -0.25) is 15.6 Å². The summed E-state index contributed by atoms with van der Waals surface area (Å²) in [5, 5.41) is 6.00. The first-order valence-electron chi connectivity index (χ1n) is 12.8. The van der Waals surface area contributed by atoms with Crippen LogP contribution >= 0.6 is 0 Å². The zero-order valence-corrected chi connectivity index (χ0v) is 23.3. The molecule has 206 valence electrons. The summed E-state index contributed by atoms with van der Waals surface area (Å²) in [5.74, 6) is 1.28. The molecule has 2 heterocycles. The summed E-state index contributed by atoms with van der Waals surface area (Å²) in [6.07, 6.45) is 0.863. The molecule has 2 aromatic heterocycles. The molecule has 0 spiro atoms. The van der Waals surface area contributed by atoms with Crippen LogP contribution in [0.2, 0.25) is 0 Å². The zero-order valence-electron chi connectivity index (χ0n) is 23.3. The summed E-state index contributed by atoms with van der Waals surface area (Å²) in [6, 6.07) is 7.85. The van der Waals surface area contributed by atoms with Crippen LogP contribution in [-0.4, -0.2) is 50.4 Å². The maximum absolute atomic E-state index is 12.3. The van der Waals surface area contributed by atoms with Crippen molar-refractivity contribution < 1.29 is 19.1 Å². The minimum atomic E-state index is -0.729. The number of imidazole rings is 1. The Kier molecular flexibility index (Phi) is 8.80. The minimum Gasteiger partial charge on any atom is -0.444 e. The first kappa shape index (κ1) is 28.7. The minimum absolute atomic E-state index is 0.0448. The predicted molar refractivity (Wildman–Crippen MR) is 149 cm³/mol. The van der Waals surface area contributed by atoms with Crippen LogP contribution in [0, 0.1) is 0 Å². The van der Waals surface area contributed by atoms with Gasteiger partial charge < -0.3 is 19.8 Å². The molecule has 0 atom stereocenters. The first-order chi connectivity index (χ1) is 17.8. The van der Waals surface area contributed by atoms with Crippen LogP contribution in [0.4, 0.5) is 15.4 Å². The number of ether oxygens (including phenoxy) is 2. The second-order valence-corrected chi connectivity index (χ2v) is 11.0. The van der Waals surface area contributed by atoms with Crippen molar-refractivity contribution >= 4 is 45.9 Å². The molecule has 11 nitrogen and oxygen atoms in total. The smallest absolute Gasteiger partial charge is 0.414 e. The third-order valence-corrected chi connectivity index (χ3v) is 5.21. The Morgan fingerprint density at radius 3 is 2.18 bits per heavy atom. The molecular formula is C27H39N7O4. The van der Waals surface area contributed by atoms with Crippen LogP contribution in [0.3, 0.4) is 0 Å². The highest BCUT2D eigenvalue weighted by atomic mass is 16.6. The number of hydrogen-bond acceptors (Lipinski definition) is 8. The molecule has 0 saturated heterocycles. The van der Waals surface area contributed by atoms with Gasteiger partial charge in [0.25, 0.3) is 0 Å². The van der Waals surface area contributed by atoms with Crippen LogP contribution in [0.1, 0.15) is 67.1 Å². The number of benzene rings is 1. The van der Waals surface area contributed by atoms with E-state index in [0.29, 0.717) is 30.8 Å². The van der Waals surface area contributed by atoms with Gasteiger partial charge in [0.15, 0.2) is 5.82 Å². The van der Waals surface area contributed by atoms with Gasteiger partial charge in [-0.25, -0.2) is 19.6 Å². The number of alkyl carbamates (subject to hydrolysis) is 2. The van der Waals surface area contributed by atoms with E-state index in [9.17, 15) is 9.59 Å². The number of carbonyl (C=O) groups is 2. The van der Waals surface area contributed by atoms with E-state index in [4.69, 9.17) is 20.2 Å². The average molecular weight is 526 g/mol. The maximum atomic E-state index is 12.3. The highest BCUT2D eigenvalue weighted by molar-refractivity contribution is 6.06. The number of amides is 2. The molecule has 0 bridgehead atoms. The summed E-state index contributed by atoms with van der Waals surface area (Å²) in [6.45, 7) is 13.5. The van der Waals surface area contributed by atoms with E-state index in [-0.39, 0.29) is 5.96 Å². The molecule has 38 heavy (non-hydrogen) atoms. The van der Waals surface area contributed by atoms with Gasteiger partial charge in [0.1, 0.15) is 22.5 Å². The lowest BCUT2D eigenvalue weighted by Gasteiger charge is -2.22. The number of fused-ring (bicyclic) bond motifs is 3. The number of aromatic nitrogens is 3. The van der Waals surface area contributed by atoms with Gasteiger partial charge in [-0.2, -0.15) is 0 Å². The molecule has 2 amide bonds. The van der Waals surface area contributed by atoms with E-state index < -0.39 is 23.4 Å². The number of nitrogens with two attached hydrogens (primary N) is 1. The quantitative estimate of drug-likeness (QED) is 0.235. The number of nitrogen functional groups attached to an aromatic ring is 1. The molecule has 0 saturated carbocycles. The van der Waals surface area contributed by atoms with Crippen LogP contribution in [0.5, 0.6) is 0 Å². The number of aliphatic imine (C=N–C) groups is 1. The molecule has 0 unspecified atom stereocenters. The normalized spacial score (nSPS) is 11.9. The van der Waals surface area contributed by atoms with Gasteiger partial charge in [-0.05, 0) is 60.5 Å². The van der Waals surface area contributed by atoms with E-state index in [1.807, 2.05) is 24.3 Å². The lowest BCUT2D eigenvalue weighted by molar-refractivity contribution is 0.0545. The molecule has 4 N–H and O–H groups in total. The Morgan fingerprint density at radius 1 is 1.00 bits per heavy atom. The van der Waals surface area contributed by atoms with Gasteiger partial charge in [-0.1, -0.05) is 25.1 Å². The fourth-order valence-corrected chi connectivity index (χ4v) is 3.89. The second-order valence-electron chi connectivity index (χ2n) is 11.0. The Balaban J connectivity index is 1.83. The van der Waals surface area contributed by atoms with E-state index in [1.165, 1.54) is 0 Å². The van der Waals surface area contributed by atoms with E-state index in [2.05, 4.69) is 32.1 Å². The first-order valence-corrected chi connectivity index (χ1v) is 12.8. The summed E-state index contributed by atoms with van der Waals surface area (Å²) in [4.78, 5) is 38.4. The van der Waals surface area contributed by atoms with Crippen molar-refractivity contribution in [3.05, 3.63) is 30.1 Å². The molecule has 0 aliphatic heterocycles. The van der Waals surface area contributed by atoms with Gasteiger partial charge in [0.2, 0.25) is 5.96 Å². The molecular weight excluding hydrogens is 486 g/mol. The largest absolute Gasteiger partial charge is 0.444 e. The Morgan fingerprint density at radius 2 is 1.61 bits per heavy atom. The Bertz CT molecular complexity index is 1300. The van der Waals surface area contributed by atoms with Crippen molar-refractivity contribution in [2.75, 3.05) is 12.3 Å². The zero-order chi connectivity index (χ0) is 28.1. The van der Waals surface area contributed by atoms with E-state index in [0.717, 1.165) is 35.1 Å². The van der Waals surface area contributed by atoms with Gasteiger partial charge >= 0.3 is 12.2 Å². The summed E-state index contributed by atoms with van der Waals surface area (Å²) in [5.41, 5.74) is 7.29. The van der Waals surface area contributed by atoms with E-state index >= 15 is 0 Å². The molecule has 0 aliphatic rings. The lowest BCUT2D eigenvalue weighted by atomic mass is 10.2. The highest BCUT2D eigenvalue weighted by Crippen LogP contribution is 2.29. The van der Waals surface area contributed by atoms with Crippen LogP contribution in [0.15, 0.2) is 29.3 Å². The fourth-order valence-electron chi connectivity index (χ4n) is 3.89. The molecule has 3 aromatic rings. The van der Waals surface area contributed by atoms with Crippen LogP contribution in [0.25, 0.3) is 21.9 Å². The van der Waals surface area contributed by atoms with Gasteiger partial charge in [0, 0.05) is 24.9 Å². The number of guanidine groups is 1. The van der Waals surface area contributed by atoms with Crippen molar-refractivity contribution in [2.24, 2.45) is 4.99 Å². The van der Waals surface area contributed by atoms with Gasteiger partial charge in [0.05, 0.1) is 11.0 Å². The topological polar surface area (TPSA) is 146 Å². The maximum Gasteiger partial charge on any atom is 0.414 e. The molecule has 0 fully saturated rings. The monoisotopic (exact) mass is 525 g/mol. The van der Waals surface area contributed by atoms with Gasteiger partial charge in [-0.15, -0.1) is 0 Å². The second kappa shape index (κ2) is 11.7. The number of aryl methyl sites for hydroxylation is 2. The summed E-state index contributed by atoms with van der Waals surface area (Å²) >= 11 is 0. The number of para-hydroxylation sites is 1. The summed E-state index contributed by atoms with van der Waals surface area (Å²) in [7, 11) is 0. The number of nitrogens with one attached hydrogen (secondary N) is 2. The Hall–Kier alpha value is -3.89. The fraction of sp³-hybridized carbons (Fsp3) is 0.519. The van der Waals surface area contributed by atoms with Crippen LogP contribution < -0.4 is 16.4 Å². The lowest BCUT2D eigenvalue weighted by Crippen LogP contribution is -2.47. The van der Waals surface area contributed by atoms with Crippen molar-refractivity contribution in [2.45, 2.75) is 85.5 Å². The molecule has 3 rings (SSSR count). The number of anilines is 1. The van der Waals surface area contributed by atoms with Crippen molar-refractivity contribution in [3.8, 4) is 0 Å².